The molecule has 1 N–H and O–H groups in total. The topological polar surface area (TPSA) is 56.8 Å². The van der Waals surface area contributed by atoms with Gasteiger partial charge in [-0.15, -0.1) is 0 Å². The van der Waals surface area contributed by atoms with Crippen LogP contribution in [0.15, 0.2) is 18.2 Å². The average Bonchev–Trinajstić information content (AvgIpc) is 2.51. The van der Waals surface area contributed by atoms with Crippen molar-refractivity contribution in [2.24, 2.45) is 5.92 Å². The van der Waals surface area contributed by atoms with E-state index in [-0.39, 0.29) is 11.9 Å². The molecule has 1 aromatic carbocycles. The van der Waals surface area contributed by atoms with Crippen LogP contribution in [0.4, 0.5) is 0 Å². The lowest BCUT2D eigenvalue weighted by Crippen LogP contribution is -2.34. The Hall–Kier alpha value is -2.17. The molecule has 1 amide bonds. The van der Waals surface area contributed by atoms with Gasteiger partial charge in [-0.3, -0.25) is 4.79 Å². The number of fused-ring (bicyclic) bond motifs is 1. The number of benzene rings is 1. The zero-order chi connectivity index (χ0) is 16.1. The summed E-state index contributed by atoms with van der Waals surface area (Å²) < 4.78 is 16.4. The molecular formula is C17H23NO4. The molecule has 1 heterocycles. The third kappa shape index (κ3) is 3.93. The third-order valence-electron chi connectivity index (χ3n) is 3.65. The molecule has 0 spiro atoms. The van der Waals surface area contributed by atoms with E-state index < -0.39 is 0 Å². The largest absolute Gasteiger partial charge is 0.493 e. The van der Waals surface area contributed by atoms with Crippen LogP contribution in [-0.4, -0.2) is 32.3 Å². The molecule has 22 heavy (non-hydrogen) atoms. The van der Waals surface area contributed by atoms with Gasteiger partial charge < -0.3 is 19.5 Å². The number of nitrogens with one attached hydrogen (secondary N) is 1. The molecule has 1 atom stereocenters. The standard InChI is InChI=1S/C17H23NO4/c1-11(2)12(3)18-16(19)6-5-13-9-14(20-4)17-15(10-13)21-7-8-22-17/h5-6,9-12H,7-8H2,1-4H3,(H,18,19)/b6-5+. The number of ether oxygens (including phenoxy) is 3. The first-order valence-electron chi connectivity index (χ1n) is 7.47. The molecule has 1 aliphatic rings. The number of hydrogen-bond donors (Lipinski definition) is 1. The van der Waals surface area contributed by atoms with E-state index in [9.17, 15) is 4.79 Å². The Bertz CT molecular complexity index is 549. The van der Waals surface area contributed by atoms with Gasteiger partial charge in [-0.05, 0) is 36.6 Å². The second-order valence-electron chi connectivity index (χ2n) is 5.62. The van der Waals surface area contributed by atoms with Crippen molar-refractivity contribution in [3.63, 3.8) is 0 Å². The van der Waals surface area contributed by atoms with Gasteiger partial charge in [-0.25, -0.2) is 0 Å². The number of rotatable bonds is 5. The van der Waals surface area contributed by atoms with Crippen LogP contribution in [0.3, 0.4) is 0 Å². The van der Waals surface area contributed by atoms with Crippen molar-refractivity contribution in [3.05, 3.63) is 23.8 Å². The number of methoxy groups -OCH3 is 1. The normalized spacial score (nSPS) is 15.0. The Morgan fingerprint density at radius 1 is 1.27 bits per heavy atom. The van der Waals surface area contributed by atoms with Gasteiger partial charge in [0.15, 0.2) is 11.5 Å². The van der Waals surface area contributed by atoms with Crippen LogP contribution in [0.1, 0.15) is 26.3 Å². The first-order chi connectivity index (χ1) is 10.5. The van der Waals surface area contributed by atoms with Gasteiger partial charge in [0, 0.05) is 12.1 Å². The maximum atomic E-state index is 11.9. The highest BCUT2D eigenvalue weighted by molar-refractivity contribution is 5.92. The summed E-state index contributed by atoms with van der Waals surface area (Å²) in [5.74, 6) is 2.14. The molecule has 5 nitrogen and oxygen atoms in total. The van der Waals surface area contributed by atoms with E-state index in [0.717, 1.165) is 5.56 Å². The smallest absolute Gasteiger partial charge is 0.244 e. The zero-order valence-electron chi connectivity index (χ0n) is 13.5. The Morgan fingerprint density at radius 2 is 2.00 bits per heavy atom. The summed E-state index contributed by atoms with van der Waals surface area (Å²) in [6, 6.07) is 3.79. The number of carbonyl (C=O) groups excluding carboxylic acids is 1. The minimum absolute atomic E-state index is 0.116. The average molecular weight is 305 g/mol. The highest BCUT2D eigenvalue weighted by atomic mass is 16.6. The quantitative estimate of drug-likeness (QED) is 0.850. The molecule has 5 heteroatoms. The second kappa shape index (κ2) is 7.20. The molecule has 0 fully saturated rings. The Labute approximate surface area is 131 Å². The van der Waals surface area contributed by atoms with Gasteiger partial charge in [-0.2, -0.15) is 0 Å². The number of carbonyl (C=O) groups is 1. The Balaban J connectivity index is 2.12. The summed E-state index contributed by atoms with van der Waals surface area (Å²) in [5, 5.41) is 2.93. The highest BCUT2D eigenvalue weighted by Crippen LogP contribution is 2.40. The summed E-state index contributed by atoms with van der Waals surface area (Å²) >= 11 is 0. The predicted molar refractivity (Wildman–Crippen MR) is 85.5 cm³/mol. The fourth-order valence-corrected chi connectivity index (χ4v) is 2.00. The summed E-state index contributed by atoms with van der Waals surface area (Å²) in [5.41, 5.74) is 0.827. The molecule has 1 unspecified atom stereocenters. The van der Waals surface area contributed by atoms with Crippen LogP contribution in [0.25, 0.3) is 6.08 Å². The Morgan fingerprint density at radius 3 is 2.68 bits per heavy atom. The molecule has 0 bridgehead atoms. The summed E-state index contributed by atoms with van der Waals surface area (Å²) in [7, 11) is 1.58. The van der Waals surface area contributed by atoms with E-state index in [0.29, 0.717) is 36.4 Å². The number of hydrogen-bond acceptors (Lipinski definition) is 4. The summed E-state index contributed by atoms with van der Waals surface area (Å²) in [4.78, 5) is 11.9. The number of amides is 1. The van der Waals surface area contributed by atoms with Gasteiger partial charge in [0.2, 0.25) is 11.7 Å². The van der Waals surface area contributed by atoms with E-state index in [1.807, 2.05) is 19.1 Å². The minimum atomic E-state index is -0.116. The van der Waals surface area contributed by atoms with Gasteiger partial charge in [0.05, 0.1) is 7.11 Å². The van der Waals surface area contributed by atoms with Crippen molar-refractivity contribution in [1.29, 1.82) is 0 Å². The van der Waals surface area contributed by atoms with Crippen molar-refractivity contribution in [2.45, 2.75) is 26.8 Å². The van der Waals surface area contributed by atoms with Crippen molar-refractivity contribution >= 4 is 12.0 Å². The predicted octanol–water partition coefficient (Wildman–Crippen LogP) is 2.64. The van der Waals surface area contributed by atoms with Gasteiger partial charge in [-0.1, -0.05) is 13.8 Å². The summed E-state index contributed by atoms with van der Waals surface area (Å²) in [6.45, 7) is 7.15. The highest BCUT2D eigenvalue weighted by Gasteiger charge is 2.17. The van der Waals surface area contributed by atoms with Gasteiger partial charge in [0.1, 0.15) is 13.2 Å². The van der Waals surface area contributed by atoms with Crippen LogP contribution in [-0.2, 0) is 4.79 Å². The fourth-order valence-electron chi connectivity index (χ4n) is 2.00. The van der Waals surface area contributed by atoms with E-state index >= 15 is 0 Å². The zero-order valence-corrected chi connectivity index (χ0v) is 13.5. The van der Waals surface area contributed by atoms with E-state index in [2.05, 4.69) is 19.2 Å². The monoisotopic (exact) mass is 305 g/mol. The lowest BCUT2D eigenvalue weighted by Gasteiger charge is -2.21. The molecule has 0 saturated heterocycles. The van der Waals surface area contributed by atoms with Crippen LogP contribution < -0.4 is 19.5 Å². The lowest BCUT2D eigenvalue weighted by atomic mass is 10.1. The molecular weight excluding hydrogens is 282 g/mol. The third-order valence-corrected chi connectivity index (χ3v) is 3.65. The van der Waals surface area contributed by atoms with Gasteiger partial charge >= 0.3 is 0 Å². The second-order valence-corrected chi connectivity index (χ2v) is 5.62. The molecule has 1 aromatic rings. The fraction of sp³-hybridized carbons (Fsp3) is 0.471. The molecule has 2 rings (SSSR count). The van der Waals surface area contributed by atoms with E-state index in [4.69, 9.17) is 14.2 Å². The lowest BCUT2D eigenvalue weighted by molar-refractivity contribution is -0.117. The van der Waals surface area contributed by atoms with Crippen LogP contribution in [0, 0.1) is 5.92 Å². The molecule has 0 radical (unpaired) electrons. The summed E-state index contributed by atoms with van der Waals surface area (Å²) in [6.07, 6.45) is 3.26. The molecule has 0 saturated carbocycles. The maximum absolute atomic E-state index is 11.9. The van der Waals surface area contributed by atoms with Gasteiger partial charge in [0.25, 0.3) is 0 Å². The first-order valence-corrected chi connectivity index (χ1v) is 7.47. The van der Waals surface area contributed by atoms with Crippen LogP contribution >= 0.6 is 0 Å². The van der Waals surface area contributed by atoms with E-state index in [1.165, 1.54) is 6.08 Å². The van der Waals surface area contributed by atoms with Crippen LogP contribution in [0.2, 0.25) is 0 Å². The molecule has 0 aromatic heterocycles. The first kappa shape index (κ1) is 16.2. The SMILES string of the molecule is COc1cc(/C=C/C(=O)NC(C)C(C)C)cc2c1OCCO2. The van der Waals surface area contributed by atoms with Crippen molar-refractivity contribution in [1.82, 2.24) is 5.32 Å². The molecule has 1 aliphatic heterocycles. The molecule has 0 aliphatic carbocycles. The van der Waals surface area contributed by atoms with Crippen molar-refractivity contribution < 1.29 is 19.0 Å². The Kier molecular flexibility index (Phi) is 5.31. The maximum Gasteiger partial charge on any atom is 0.244 e. The minimum Gasteiger partial charge on any atom is -0.493 e. The molecule has 120 valence electrons. The van der Waals surface area contributed by atoms with E-state index in [1.54, 1.807) is 13.2 Å². The van der Waals surface area contributed by atoms with Crippen molar-refractivity contribution in [3.8, 4) is 17.2 Å². The van der Waals surface area contributed by atoms with Crippen LogP contribution in [0.5, 0.6) is 17.2 Å². The van der Waals surface area contributed by atoms with Crippen molar-refractivity contribution in [2.75, 3.05) is 20.3 Å².